The van der Waals surface area contributed by atoms with E-state index in [-0.39, 0.29) is 17.6 Å². The predicted molar refractivity (Wildman–Crippen MR) is 112 cm³/mol. The fourth-order valence-electron chi connectivity index (χ4n) is 3.69. The van der Waals surface area contributed by atoms with Crippen molar-refractivity contribution in [3.63, 3.8) is 0 Å². The molecule has 1 N–H and O–H groups in total. The molecule has 1 fully saturated rings. The van der Waals surface area contributed by atoms with Gasteiger partial charge in [0.05, 0.1) is 11.0 Å². The highest BCUT2D eigenvalue weighted by Gasteiger charge is 2.26. The molecule has 0 spiro atoms. The zero-order valence-corrected chi connectivity index (χ0v) is 16.7. The maximum Gasteiger partial charge on any atom is 0.269 e. The largest absolute Gasteiger partial charge is 0.486 e. The van der Waals surface area contributed by atoms with Crippen molar-refractivity contribution in [2.45, 2.75) is 13.0 Å². The molecular weight excluding hydrogens is 388 g/mol. The second-order valence-electron chi connectivity index (χ2n) is 7.32. The van der Waals surface area contributed by atoms with Gasteiger partial charge in [-0.25, -0.2) is 0 Å². The average molecular weight is 412 g/mol. The number of carbonyl (C=O) groups is 1. The number of piperazine rings is 1. The zero-order chi connectivity index (χ0) is 21.1. The SMILES string of the molecule is C[C@H](C(=O)Nc1ccc2c(c1)OCCO2)N1CCN(c2ccc([N+](=O)[O-])cc2)CC1. The lowest BCUT2D eigenvalue weighted by atomic mass is 10.2. The molecule has 0 unspecified atom stereocenters. The number of nitro groups is 1. The molecule has 1 saturated heterocycles. The molecule has 2 aliphatic heterocycles. The second-order valence-corrected chi connectivity index (χ2v) is 7.32. The second kappa shape index (κ2) is 8.58. The van der Waals surface area contributed by atoms with Crippen LogP contribution in [0.4, 0.5) is 17.1 Å². The average Bonchev–Trinajstić information content (AvgIpc) is 2.78. The monoisotopic (exact) mass is 412 g/mol. The van der Waals surface area contributed by atoms with Crippen LogP contribution in [0.25, 0.3) is 0 Å². The number of hydrogen-bond acceptors (Lipinski definition) is 7. The van der Waals surface area contributed by atoms with Gasteiger partial charge in [0.15, 0.2) is 11.5 Å². The molecule has 9 nitrogen and oxygen atoms in total. The van der Waals surface area contributed by atoms with Crippen LogP contribution in [0.1, 0.15) is 6.92 Å². The first-order valence-corrected chi connectivity index (χ1v) is 9.95. The van der Waals surface area contributed by atoms with E-state index in [1.807, 2.05) is 13.0 Å². The van der Waals surface area contributed by atoms with Crippen LogP contribution in [-0.4, -0.2) is 61.2 Å². The van der Waals surface area contributed by atoms with Crippen LogP contribution in [0.5, 0.6) is 11.5 Å². The van der Waals surface area contributed by atoms with E-state index in [1.54, 1.807) is 24.3 Å². The summed E-state index contributed by atoms with van der Waals surface area (Å²) in [5.74, 6) is 1.26. The number of nitrogens with zero attached hydrogens (tertiary/aromatic N) is 3. The van der Waals surface area contributed by atoms with Crippen LogP contribution in [0.2, 0.25) is 0 Å². The number of ether oxygens (including phenoxy) is 2. The number of hydrogen-bond donors (Lipinski definition) is 1. The Kier molecular flexibility index (Phi) is 5.71. The van der Waals surface area contributed by atoms with E-state index in [0.717, 1.165) is 31.9 Å². The third-order valence-corrected chi connectivity index (χ3v) is 5.48. The third kappa shape index (κ3) is 4.30. The number of fused-ring (bicyclic) bond motifs is 1. The van der Waals surface area contributed by atoms with Crippen LogP contribution in [0, 0.1) is 10.1 Å². The van der Waals surface area contributed by atoms with Crippen molar-refractivity contribution in [2.24, 2.45) is 0 Å². The first kappa shape index (κ1) is 20.0. The van der Waals surface area contributed by atoms with Crippen molar-refractivity contribution in [3.05, 3.63) is 52.6 Å². The van der Waals surface area contributed by atoms with Gasteiger partial charge in [-0.2, -0.15) is 0 Å². The Balaban J connectivity index is 1.32. The summed E-state index contributed by atoms with van der Waals surface area (Å²) in [5.41, 5.74) is 1.72. The van der Waals surface area contributed by atoms with Crippen molar-refractivity contribution in [3.8, 4) is 11.5 Å². The number of anilines is 2. The fourth-order valence-corrected chi connectivity index (χ4v) is 3.69. The number of benzene rings is 2. The summed E-state index contributed by atoms with van der Waals surface area (Å²) in [6.45, 7) is 5.88. The number of nitro benzene ring substituents is 1. The molecule has 2 heterocycles. The highest BCUT2D eigenvalue weighted by Crippen LogP contribution is 2.32. The maximum absolute atomic E-state index is 12.7. The normalized spacial score (nSPS) is 17.3. The number of amides is 1. The van der Waals surface area contributed by atoms with Gasteiger partial charge in [-0.1, -0.05) is 0 Å². The molecular formula is C21H24N4O5. The molecule has 2 aromatic carbocycles. The summed E-state index contributed by atoms with van der Waals surface area (Å²) < 4.78 is 11.1. The summed E-state index contributed by atoms with van der Waals surface area (Å²) in [6.07, 6.45) is 0. The molecule has 1 atom stereocenters. The van der Waals surface area contributed by atoms with E-state index < -0.39 is 4.92 Å². The predicted octanol–water partition coefficient (Wildman–Crippen LogP) is 2.52. The number of carbonyl (C=O) groups excluding carboxylic acids is 1. The third-order valence-electron chi connectivity index (χ3n) is 5.48. The molecule has 0 saturated carbocycles. The minimum Gasteiger partial charge on any atom is -0.486 e. The van der Waals surface area contributed by atoms with Gasteiger partial charge in [0, 0.05) is 55.8 Å². The lowest BCUT2D eigenvalue weighted by molar-refractivity contribution is -0.384. The minimum absolute atomic E-state index is 0.0736. The van der Waals surface area contributed by atoms with Crippen LogP contribution >= 0.6 is 0 Å². The van der Waals surface area contributed by atoms with E-state index in [4.69, 9.17) is 9.47 Å². The van der Waals surface area contributed by atoms with Crippen molar-refractivity contribution in [1.82, 2.24) is 4.90 Å². The molecule has 2 aliphatic rings. The molecule has 0 aromatic heterocycles. The van der Waals surface area contributed by atoms with E-state index in [0.29, 0.717) is 30.4 Å². The van der Waals surface area contributed by atoms with Crippen LogP contribution in [0.3, 0.4) is 0 Å². The molecule has 1 amide bonds. The van der Waals surface area contributed by atoms with Gasteiger partial charge in [0.25, 0.3) is 5.69 Å². The first-order valence-electron chi connectivity index (χ1n) is 9.95. The lowest BCUT2D eigenvalue weighted by Crippen LogP contribution is -2.52. The Hall–Kier alpha value is -3.33. The molecule has 0 bridgehead atoms. The summed E-state index contributed by atoms with van der Waals surface area (Å²) in [5, 5.41) is 13.8. The van der Waals surface area contributed by atoms with Crippen molar-refractivity contribution < 1.29 is 19.2 Å². The van der Waals surface area contributed by atoms with Gasteiger partial charge < -0.3 is 19.7 Å². The molecule has 4 rings (SSSR count). The van der Waals surface area contributed by atoms with Gasteiger partial charge in [-0.3, -0.25) is 19.8 Å². The highest BCUT2D eigenvalue weighted by molar-refractivity contribution is 5.94. The van der Waals surface area contributed by atoms with E-state index in [1.165, 1.54) is 12.1 Å². The topological polar surface area (TPSA) is 97.2 Å². The summed E-state index contributed by atoms with van der Waals surface area (Å²) >= 11 is 0. The summed E-state index contributed by atoms with van der Waals surface area (Å²) in [4.78, 5) is 27.4. The van der Waals surface area contributed by atoms with Gasteiger partial charge in [0.1, 0.15) is 13.2 Å². The Morgan fingerprint density at radius 3 is 2.37 bits per heavy atom. The van der Waals surface area contributed by atoms with Gasteiger partial charge in [-0.05, 0) is 31.2 Å². The summed E-state index contributed by atoms with van der Waals surface area (Å²) in [7, 11) is 0. The van der Waals surface area contributed by atoms with Crippen LogP contribution < -0.4 is 19.7 Å². The standard InChI is InChI=1S/C21H24N4O5/c1-15(21(26)22-16-2-7-19-20(14-16)30-13-12-29-19)23-8-10-24(11-9-23)17-3-5-18(6-4-17)25(27)28/h2-7,14-15H,8-13H2,1H3,(H,22,26)/t15-/m1/s1. The van der Waals surface area contributed by atoms with Crippen LogP contribution in [-0.2, 0) is 4.79 Å². The molecule has 9 heteroatoms. The van der Waals surface area contributed by atoms with Gasteiger partial charge >= 0.3 is 0 Å². The van der Waals surface area contributed by atoms with Gasteiger partial charge in [-0.15, -0.1) is 0 Å². The smallest absolute Gasteiger partial charge is 0.269 e. The molecule has 158 valence electrons. The van der Waals surface area contributed by atoms with E-state index >= 15 is 0 Å². The lowest BCUT2D eigenvalue weighted by Gasteiger charge is -2.38. The fraction of sp³-hybridized carbons (Fsp3) is 0.381. The Labute approximate surface area is 174 Å². The zero-order valence-electron chi connectivity index (χ0n) is 16.7. The van der Waals surface area contributed by atoms with Crippen molar-refractivity contribution >= 4 is 23.0 Å². The van der Waals surface area contributed by atoms with E-state index in [9.17, 15) is 14.9 Å². The maximum atomic E-state index is 12.7. The number of rotatable bonds is 5. The molecule has 0 aliphatic carbocycles. The van der Waals surface area contributed by atoms with E-state index in [2.05, 4.69) is 15.1 Å². The Morgan fingerprint density at radius 1 is 1.03 bits per heavy atom. The Morgan fingerprint density at radius 2 is 1.70 bits per heavy atom. The quantitative estimate of drug-likeness (QED) is 0.595. The highest BCUT2D eigenvalue weighted by atomic mass is 16.6. The summed E-state index contributed by atoms with van der Waals surface area (Å²) in [6, 6.07) is 11.7. The molecule has 0 radical (unpaired) electrons. The Bertz CT molecular complexity index is 925. The first-order chi connectivity index (χ1) is 14.5. The van der Waals surface area contributed by atoms with Crippen molar-refractivity contribution in [2.75, 3.05) is 49.6 Å². The number of nitrogens with one attached hydrogen (secondary N) is 1. The van der Waals surface area contributed by atoms with Crippen molar-refractivity contribution in [1.29, 1.82) is 0 Å². The minimum atomic E-state index is -0.399. The van der Waals surface area contributed by atoms with Crippen LogP contribution in [0.15, 0.2) is 42.5 Å². The molecule has 2 aromatic rings. The van der Waals surface area contributed by atoms with Gasteiger partial charge in [0.2, 0.25) is 5.91 Å². The number of non-ortho nitro benzene ring substituents is 1. The molecule has 30 heavy (non-hydrogen) atoms.